The van der Waals surface area contributed by atoms with Crippen LogP contribution in [0.5, 0.6) is 0 Å². The number of nitrogens with one attached hydrogen (secondary N) is 2. The molecule has 9 heteroatoms. The zero-order valence-corrected chi connectivity index (χ0v) is 15.6. The fourth-order valence-electron chi connectivity index (χ4n) is 2.70. The Kier molecular flexibility index (Phi) is 4.55. The number of hydrogen-bond donors (Lipinski definition) is 2. The van der Waals surface area contributed by atoms with Gasteiger partial charge in [0, 0.05) is 22.9 Å². The van der Waals surface area contributed by atoms with Crippen molar-refractivity contribution in [3.8, 4) is 17.4 Å². The lowest BCUT2D eigenvalue weighted by Gasteiger charge is -2.09. The molecule has 0 aliphatic rings. The van der Waals surface area contributed by atoms with Crippen molar-refractivity contribution >= 4 is 11.7 Å². The van der Waals surface area contributed by atoms with E-state index in [0.29, 0.717) is 22.7 Å². The molecule has 0 bridgehead atoms. The van der Waals surface area contributed by atoms with E-state index in [0.717, 1.165) is 0 Å². The van der Waals surface area contributed by atoms with E-state index < -0.39 is 11.7 Å². The highest BCUT2D eigenvalue weighted by molar-refractivity contribution is 6.04. The van der Waals surface area contributed by atoms with Crippen LogP contribution < -0.4 is 10.9 Å². The maximum Gasteiger partial charge on any atom is 0.256 e. The standard InChI is InChI=1S/C20H16FN5O3/c1-11-12(2)22-20(24-18(11)27)26-17(10-15(25-26)16-4-3-9-29-16)23-19(28)13-5-7-14(21)8-6-13/h3-10H,1-2H3,(H,23,28)(H,22,24,27). The van der Waals surface area contributed by atoms with Gasteiger partial charge in [-0.2, -0.15) is 9.78 Å². The van der Waals surface area contributed by atoms with E-state index in [-0.39, 0.29) is 22.9 Å². The van der Waals surface area contributed by atoms with Crippen molar-refractivity contribution in [3.05, 3.63) is 81.7 Å². The summed E-state index contributed by atoms with van der Waals surface area (Å²) < 4.78 is 19.8. The van der Waals surface area contributed by atoms with Crippen molar-refractivity contribution in [2.75, 3.05) is 5.32 Å². The Morgan fingerprint density at radius 2 is 1.97 bits per heavy atom. The molecule has 0 saturated heterocycles. The summed E-state index contributed by atoms with van der Waals surface area (Å²) in [4.78, 5) is 31.8. The van der Waals surface area contributed by atoms with Crippen LogP contribution in [0, 0.1) is 19.7 Å². The van der Waals surface area contributed by atoms with Crippen LogP contribution in [0.1, 0.15) is 21.6 Å². The van der Waals surface area contributed by atoms with Gasteiger partial charge in [0.15, 0.2) is 5.76 Å². The third-order valence-electron chi connectivity index (χ3n) is 4.41. The summed E-state index contributed by atoms with van der Waals surface area (Å²) in [6.07, 6.45) is 1.50. The molecule has 2 N–H and O–H groups in total. The average molecular weight is 393 g/mol. The minimum Gasteiger partial charge on any atom is -0.463 e. The summed E-state index contributed by atoms with van der Waals surface area (Å²) >= 11 is 0. The highest BCUT2D eigenvalue weighted by Gasteiger charge is 2.18. The van der Waals surface area contributed by atoms with Gasteiger partial charge in [-0.25, -0.2) is 9.37 Å². The van der Waals surface area contributed by atoms with Crippen molar-refractivity contribution in [1.29, 1.82) is 0 Å². The predicted octanol–water partition coefficient (Wildman–Crippen LogP) is 3.22. The second-order valence-corrected chi connectivity index (χ2v) is 6.36. The fourth-order valence-corrected chi connectivity index (χ4v) is 2.70. The number of hydrogen-bond acceptors (Lipinski definition) is 5. The number of H-pyrrole nitrogens is 1. The third kappa shape index (κ3) is 3.57. The summed E-state index contributed by atoms with van der Waals surface area (Å²) in [5.41, 5.74) is 1.42. The maximum atomic E-state index is 13.1. The van der Waals surface area contributed by atoms with E-state index >= 15 is 0 Å². The summed E-state index contributed by atoms with van der Waals surface area (Å²) in [6.45, 7) is 3.38. The average Bonchev–Trinajstić information content (AvgIpc) is 3.36. The Morgan fingerprint density at radius 1 is 1.21 bits per heavy atom. The van der Waals surface area contributed by atoms with Gasteiger partial charge in [0.05, 0.1) is 6.26 Å². The van der Waals surface area contributed by atoms with Crippen LogP contribution in [-0.2, 0) is 0 Å². The lowest BCUT2D eigenvalue weighted by molar-refractivity contribution is 0.102. The van der Waals surface area contributed by atoms with Crippen LogP contribution in [0.15, 0.2) is 57.9 Å². The van der Waals surface area contributed by atoms with Crippen molar-refractivity contribution in [3.63, 3.8) is 0 Å². The lowest BCUT2D eigenvalue weighted by Crippen LogP contribution is -2.20. The van der Waals surface area contributed by atoms with E-state index in [2.05, 4.69) is 20.4 Å². The monoisotopic (exact) mass is 393 g/mol. The molecule has 3 aromatic heterocycles. The first-order valence-electron chi connectivity index (χ1n) is 8.71. The molecule has 4 rings (SSSR count). The number of carbonyl (C=O) groups excluding carboxylic acids is 1. The van der Waals surface area contributed by atoms with Gasteiger partial charge >= 0.3 is 0 Å². The number of aryl methyl sites for hydroxylation is 1. The molecule has 0 spiro atoms. The van der Waals surface area contributed by atoms with Crippen molar-refractivity contribution < 1.29 is 13.6 Å². The molecule has 3 heterocycles. The summed E-state index contributed by atoms with van der Waals surface area (Å²) in [6, 6.07) is 10.2. The lowest BCUT2D eigenvalue weighted by atomic mass is 10.2. The number of halogens is 1. The van der Waals surface area contributed by atoms with Crippen LogP contribution in [0.2, 0.25) is 0 Å². The van der Waals surface area contributed by atoms with Crippen LogP contribution >= 0.6 is 0 Å². The topological polar surface area (TPSA) is 106 Å². The van der Waals surface area contributed by atoms with Crippen molar-refractivity contribution in [1.82, 2.24) is 19.7 Å². The smallest absolute Gasteiger partial charge is 0.256 e. The molecule has 0 radical (unpaired) electrons. The maximum absolute atomic E-state index is 13.1. The molecule has 0 aliphatic carbocycles. The third-order valence-corrected chi connectivity index (χ3v) is 4.41. The highest BCUT2D eigenvalue weighted by Crippen LogP contribution is 2.24. The fraction of sp³-hybridized carbons (Fsp3) is 0.100. The Balaban J connectivity index is 1.78. The first kappa shape index (κ1) is 18.4. The van der Waals surface area contributed by atoms with Crippen molar-refractivity contribution in [2.45, 2.75) is 13.8 Å². The van der Waals surface area contributed by atoms with Gasteiger partial charge in [-0.3, -0.25) is 14.6 Å². The highest BCUT2D eigenvalue weighted by atomic mass is 19.1. The van der Waals surface area contributed by atoms with Crippen LogP contribution in [0.4, 0.5) is 10.2 Å². The molecule has 0 saturated carbocycles. The molecule has 0 atom stereocenters. The van der Waals surface area contributed by atoms with Crippen LogP contribution in [-0.4, -0.2) is 25.7 Å². The van der Waals surface area contributed by atoms with E-state index in [4.69, 9.17) is 4.42 Å². The summed E-state index contributed by atoms with van der Waals surface area (Å²) in [7, 11) is 0. The zero-order chi connectivity index (χ0) is 20.5. The number of aromatic amines is 1. The number of benzene rings is 1. The van der Waals surface area contributed by atoms with Gasteiger partial charge in [-0.05, 0) is 50.2 Å². The number of amides is 1. The molecule has 0 aliphatic heterocycles. The minimum atomic E-state index is -0.469. The van der Waals surface area contributed by atoms with E-state index in [9.17, 15) is 14.0 Å². The molecular weight excluding hydrogens is 377 g/mol. The van der Waals surface area contributed by atoms with Gasteiger partial charge in [0.1, 0.15) is 17.3 Å². The second-order valence-electron chi connectivity index (χ2n) is 6.36. The Morgan fingerprint density at radius 3 is 2.62 bits per heavy atom. The van der Waals surface area contributed by atoms with Crippen LogP contribution in [0.25, 0.3) is 17.4 Å². The van der Waals surface area contributed by atoms with Crippen molar-refractivity contribution in [2.24, 2.45) is 0 Å². The minimum absolute atomic E-state index is 0.144. The first-order valence-corrected chi connectivity index (χ1v) is 8.71. The Hall–Kier alpha value is -4.01. The quantitative estimate of drug-likeness (QED) is 0.554. The number of anilines is 1. The Labute approximate surface area is 164 Å². The normalized spacial score (nSPS) is 10.9. The summed E-state index contributed by atoms with van der Waals surface area (Å²) in [5.74, 6) is -0.0263. The van der Waals surface area contributed by atoms with Gasteiger partial charge in [-0.15, -0.1) is 0 Å². The molecule has 29 heavy (non-hydrogen) atoms. The van der Waals surface area contributed by atoms with Gasteiger partial charge in [0.2, 0.25) is 5.95 Å². The zero-order valence-electron chi connectivity index (χ0n) is 15.6. The molecule has 0 fully saturated rings. The molecular formula is C20H16FN5O3. The molecule has 146 valence electrons. The summed E-state index contributed by atoms with van der Waals surface area (Å²) in [5, 5.41) is 7.13. The van der Waals surface area contributed by atoms with E-state index in [1.54, 1.807) is 32.0 Å². The number of furan rings is 1. The molecule has 8 nitrogen and oxygen atoms in total. The largest absolute Gasteiger partial charge is 0.463 e. The molecule has 0 unspecified atom stereocenters. The number of aromatic nitrogens is 4. The van der Waals surface area contributed by atoms with E-state index in [1.165, 1.54) is 35.2 Å². The SMILES string of the molecule is Cc1nc(-n2nc(-c3ccco3)cc2NC(=O)c2ccc(F)cc2)[nH]c(=O)c1C. The van der Waals surface area contributed by atoms with E-state index in [1.807, 2.05) is 0 Å². The first-order chi connectivity index (χ1) is 13.9. The molecule has 1 amide bonds. The number of rotatable bonds is 4. The molecule has 4 aromatic rings. The molecule has 1 aromatic carbocycles. The Bertz CT molecular complexity index is 1240. The number of carbonyl (C=O) groups is 1. The van der Waals surface area contributed by atoms with Gasteiger partial charge in [-0.1, -0.05) is 0 Å². The number of nitrogens with zero attached hydrogens (tertiary/aromatic N) is 3. The van der Waals surface area contributed by atoms with Gasteiger partial charge < -0.3 is 9.73 Å². The van der Waals surface area contributed by atoms with Gasteiger partial charge in [0.25, 0.3) is 11.5 Å². The van der Waals surface area contributed by atoms with Crippen LogP contribution in [0.3, 0.4) is 0 Å². The predicted molar refractivity (Wildman–Crippen MR) is 104 cm³/mol. The second kappa shape index (κ2) is 7.19.